The Morgan fingerprint density at radius 3 is 2.34 bits per heavy atom. The second kappa shape index (κ2) is 8.84. The Kier molecular flexibility index (Phi) is 5.81. The van der Waals surface area contributed by atoms with E-state index in [1.54, 1.807) is 24.3 Å². The minimum atomic E-state index is -0.321. The van der Waals surface area contributed by atoms with Crippen molar-refractivity contribution >= 4 is 46.3 Å². The van der Waals surface area contributed by atoms with Gasteiger partial charge in [0.1, 0.15) is 11.6 Å². The Morgan fingerprint density at radius 2 is 1.55 bits per heavy atom. The molecule has 2 aromatic carbocycles. The number of nitrogens with one attached hydrogen (secondary N) is 3. The van der Waals surface area contributed by atoms with E-state index < -0.39 is 0 Å². The van der Waals surface area contributed by atoms with Crippen LogP contribution in [0.4, 0.5) is 33.5 Å². The highest BCUT2D eigenvalue weighted by Gasteiger charge is 2.13. The number of urea groups is 1. The van der Waals surface area contributed by atoms with E-state index in [2.05, 4.69) is 20.9 Å². The van der Waals surface area contributed by atoms with Crippen molar-refractivity contribution in [3.63, 3.8) is 0 Å². The van der Waals surface area contributed by atoms with Crippen LogP contribution in [0.25, 0.3) is 0 Å². The van der Waals surface area contributed by atoms with Gasteiger partial charge in [-0.3, -0.25) is 0 Å². The highest BCUT2D eigenvalue weighted by molar-refractivity contribution is 6.30. The number of hydrogen-bond donors (Lipinski definition) is 3. The molecule has 148 valence electrons. The van der Waals surface area contributed by atoms with Crippen molar-refractivity contribution in [2.75, 3.05) is 33.9 Å². The fourth-order valence-corrected chi connectivity index (χ4v) is 3.39. The van der Waals surface area contributed by atoms with Gasteiger partial charge >= 0.3 is 6.03 Å². The van der Waals surface area contributed by atoms with Gasteiger partial charge < -0.3 is 20.9 Å². The topological polar surface area (TPSA) is 69.3 Å². The van der Waals surface area contributed by atoms with Crippen molar-refractivity contribution in [2.45, 2.75) is 12.8 Å². The average molecular weight is 408 g/mol. The molecule has 7 heteroatoms. The van der Waals surface area contributed by atoms with Gasteiger partial charge in [0.05, 0.1) is 0 Å². The largest absolute Gasteiger partial charge is 0.357 e. The Labute approximate surface area is 174 Å². The van der Waals surface area contributed by atoms with Crippen LogP contribution < -0.4 is 20.9 Å². The maximum absolute atomic E-state index is 12.2. The number of hydrogen-bond acceptors (Lipinski definition) is 4. The Morgan fingerprint density at radius 1 is 0.862 bits per heavy atom. The smallest absolute Gasteiger partial charge is 0.323 e. The molecular formula is C22H22ClN5O. The van der Waals surface area contributed by atoms with E-state index in [0.717, 1.165) is 30.4 Å². The van der Waals surface area contributed by atoms with E-state index in [9.17, 15) is 4.79 Å². The van der Waals surface area contributed by atoms with E-state index >= 15 is 0 Å². The summed E-state index contributed by atoms with van der Waals surface area (Å²) in [5.41, 5.74) is 2.20. The fourth-order valence-electron chi connectivity index (χ4n) is 3.26. The van der Waals surface area contributed by atoms with E-state index in [1.165, 1.54) is 12.8 Å². The molecule has 1 aliphatic rings. The normalized spacial score (nSPS) is 13.2. The van der Waals surface area contributed by atoms with Gasteiger partial charge in [-0.25, -0.2) is 9.78 Å². The minimum Gasteiger partial charge on any atom is -0.357 e. The van der Waals surface area contributed by atoms with Crippen LogP contribution in [0.3, 0.4) is 0 Å². The first kappa shape index (κ1) is 19.1. The standard InChI is InChI=1S/C22H22ClN5O/c23-16-9-11-17(12-10-16)25-22(29)26-19-6-3-5-18(15-19)24-20-7-4-8-21(27-20)28-13-1-2-14-28/h3-12,15H,1-2,13-14H2,(H,24,27)(H2,25,26,29). The molecule has 3 aromatic rings. The van der Waals surface area contributed by atoms with Crippen LogP contribution in [-0.4, -0.2) is 24.1 Å². The maximum atomic E-state index is 12.2. The summed E-state index contributed by atoms with van der Waals surface area (Å²) in [5.74, 6) is 1.77. The number of aromatic nitrogens is 1. The Bertz CT molecular complexity index is 987. The molecule has 2 heterocycles. The first-order valence-electron chi connectivity index (χ1n) is 9.58. The molecule has 1 aromatic heterocycles. The molecule has 29 heavy (non-hydrogen) atoms. The molecule has 2 amide bonds. The lowest BCUT2D eigenvalue weighted by Crippen LogP contribution is -2.19. The average Bonchev–Trinajstić information content (AvgIpc) is 3.25. The second-order valence-electron chi connectivity index (χ2n) is 6.87. The molecule has 1 aliphatic heterocycles. The molecule has 0 spiro atoms. The number of halogens is 1. The highest BCUT2D eigenvalue weighted by atomic mass is 35.5. The molecule has 1 saturated heterocycles. The fraction of sp³-hybridized carbons (Fsp3) is 0.182. The molecule has 3 N–H and O–H groups in total. The van der Waals surface area contributed by atoms with E-state index in [0.29, 0.717) is 16.4 Å². The summed E-state index contributed by atoms with van der Waals surface area (Å²) in [5, 5.41) is 9.55. The summed E-state index contributed by atoms with van der Waals surface area (Å²) < 4.78 is 0. The molecule has 0 atom stereocenters. The van der Waals surface area contributed by atoms with Crippen molar-refractivity contribution in [2.24, 2.45) is 0 Å². The van der Waals surface area contributed by atoms with Crippen LogP contribution in [0.2, 0.25) is 5.02 Å². The second-order valence-corrected chi connectivity index (χ2v) is 7.30. The van der Waals surface area contributed by atoms with E-state index in [1.807, 2.05) is 42.5 Å². The van der Waals surface area contributed by atoms with Gasteiger partial charge in [0.15, 0.2) is 0 Å². The van der Waals surface area contributed by atoms with Gasteiger partial charge in [-0.05, 0) is 67.4 Å². The first-order chi connectivity index (χ1) is 14.2. The molecule has 1 fully saturated rings. The number of nitrogens with zero attached hydrogens (tertiary/aromatic N) is 2. The van der Waals surface area contributed by atoms with Crippen LogP contribution in [0, 0.1) is 0 Å². The third-order valence-corrected chi connectivity index (χ3v) is 4.91. The third-order valence-electron chi connectivity index (χ3n) is 4.66. The van der Waals surface area contributed by atoms with E-state index in [-0.39, 0.29) is 6.03 Å². The van der Waals surface area contributed by atoms with Crippen molar-refractivity contribution in [3.05, 3.63) is 71.8 Å². The predicted octanol–water partition coefficient (Wildman–Crippen LogP) is 5.72. The zero-order valence-corrected chi connectivity index (χ0v) is 16.6. The van der Waals surface area contributed by atoms with Gasteiger partial charge in [-0.2, -0.15) is 0 Å². The third kappa shape index (κ3) is 5.18. The van der Waals surface area contributed by atoms with Crippen LogP contribution >= 0.6 is 11.6 Å². The van der Waals surface area contributed by atoms with Crippen LogP contribution in [0.5, 0.6) is 0 Å². The zero-order valence-electron chi connectivity index (χ0n) is 15.9. The van der Waals surface area contributed by atoms with E-state index in [4.69, 9.17) is 16.6 Å². The van der Waals surface area contributed by atoms with Gasteiger partial charge in [0, 0.05) is 35.2 Å². The van der Waals surface area contributed by atoms with Gasteiger partial charge in [-0.15, -0.1) is 0 Å². The predicted molar refractivity (Wildman–Crippen MR) is 120 cm³/mol. The summed E-state index contributed by atoms with van der Waals surface area (Å²) in [6, 6.07) is 20.1. The molecule has 0 aliphatic carbocycles. The monoisotopic (exact) mass is 407 g/mol. The van der Waals surface area contributed by atoms with Crippen molar-refractivity contribution in [1.82, 2.24) is 4.98 Å². The van der Waals surface area contributed by atoms with Gasteiger partial charge in [-0.1, -0.05) is 23.7 Å². The molecule has 6 nitrogen and oxygen atoms in total. The lowest BCUT2D eigenvalue weighted by atomic mass is 10.2. The number of benzene rings is 2. The number of rotatable bonds is 5. The molecule has 0 bridgehead atoms. The SMILES string of the molecule is O=C(Nc1ccc(Cl)cc1)Nc1cccc(Nc2cccc(N3CCCC3)n2)c1. The van der Waals surface area contributed by atoms with Crippen molar-refractivity contribution in [3.8, 4) is 0 Å². The summed E-state index contributed by atoms with van der Waals surface area (Å²) in [4.78, 5) is 19.2. The van der Waals surface area contributed by atoms with Crippen molar-refractivity contribution in [1.29, 1.82) is 0 Å². The van der Waals surface area contributed by atoms with Crippen LogP contribution in [0.1, 0.15) is 12.8 Å². The Balaban J connectivity index is 1.40. The van der Waals surface area contributed by atoms with Crippen LogP contribution in [-0.2, 0) is 0 Å². The summed E-state index contributed by atoms with van der Waals surface area (Å²) in [7, 11) is 0. The summed E-state index contributed by atoms with van der Waals surface area (Å²) in [6.07, 6.45) is 2.43. The number of pyridine rings is 1. The molecule has 0 radical (unpaired) electrons. The quantitative estimate of drug-likeness (QED) is 0.505. The Hall–Kier alpha value is -3.25. The molecular weight excluding hydrogens is 386 g/mol. The first-order valence-corrected chi connectivity index (χ1v) is 9.96. The highest BCUT2D eigenvalue weighted by Crippen LogP contribution is 2.23. The zero-order chi connectivity index (χ0) is 20.1. The number of carbonyl (C=O) groups excluding carboxylic acids is 1. The molecule has 4 rings (SSSR count). The minimum absolute atomic E-state index is 0.321. The van der Waals surface area contributed by atoms with Gasteiger partial charge in [0.2, 0.25) is 0 Å². The summed E-state index contributed by atoms with van der Waals surface area (Å²) >= 11 is 5.87. The van der Waals surface area contributed by atoms with Crippen LogP contribution in [0.15, 0.2) is 66.7 Å². The number of amides is 2. The summed E-state index contributed by atoms with van der Waals surface area (Å²) in [6.45, 7) is 2.11. The van der Waals surface area contributed by atoms with Gasteiger partial charge in [0.25, 0.3) is 0 Å². The molecule has 0 saturated carbocycles. The lowest BCUT2D eigenvalue weighted by Gasteiger charge is -2.17. The lowest BCUT2D eigenvalue weighted by molar-refractivity contribution is 0.262. The maximum Gasteiger partial charge on any atom is 0.323 e. The number of anilines is 5. The number of carbonyl (C=O) groups is 1. The molecule has 0 unspecified atom stereocenters. The van der Waals surface area contributed by atoms with Crippen molar-refractivity contribution < 1.29 is 4.79 Å².